The summed E-state index contributed by atoms with van der Waals surface area (Å²) in [7, 11) is 0. The lowest BCUT2D eigenvalue weighted by Gasteiger charge is -2.20. The van der Waals surface area contributed by atoms with Crippen molar-refractivity contribution in [2.24, 2.45) is 11.8 Å². The first kappa shape index (κ1) is 19.5. The van der Waals surface area contributed by atoms with Gasteiger partial charge in [0.1, 0.15) is 11.5 Å². The summed E-state index contributed by atoms with van der Waals surface area (Å²) in [5, 5.41) is 7.65. The number of nitrogens with zero attached hydrogens (tertiary/aromatic N) is 3. The monoisotopic (exact) mass is 392 g/mol. The highest BCUT2D eigenvalue weighted by Gasteiger charge is 2.32. The number of carbonyl (C=O) groups excluding carboxylic acids is 1. The molecule has 0 radical (unpaired) electrons. The second-order valence-corrected chi connectivity index (χ2v) is 6.99. The fraction of sp³-hybridized carbons (Fsp3) is 0.421. The smallest absolute Gasteiger partial charge is 0.274 e. The van der Waals surface area contributed by atoms with Crippen molar-refractivity contribution < 1.29 is 9.18 Å². The van der Waals surface area contributed by atoms with Crippen molar-refractivity contribution in [2.75, 3.05) is 26.2 Å². The van der Waals surface area contributed by atoms with E-state index in [1.54, 1.807) is 0 Å². The number of aromatic nitrogens is 2. The molecule has 2 aliphatic heterocycles. The molecule has 1 aromatic heterocycles. The minimum absolute atomic E-state index is 0. The molecule has 8 heteroatoms. The van der Waals surface area contributed by atoms with E-state index < -0.39 is 5.82 Å². The van der Waals surface area contributed by atoms with Crippen LogP contribution < -0.4 is 10.9 Å². The molecule has 27 heavy (non-hydrogen) atoms. The molecule has 2 atom stereocenters. The molecule has 2 aromatic rings. The Hall–Kier alpha value is -2.25. The number of carbonyl (C=O) groups is 1. The summed E-state index contributed by atoms with van der Waals surface area (Å²) in [6.07, 6.45) is 1.97. The van der Waals surface area contributed by atoms with Crippen LogP contribution in [0, 0.1) is 17.7 Å². The number of hydrogen-bond acceptors (Lipinski definition) is 4. The summed E-state index contributed by atoms with van der Waals surface area (Å²) in [4.78, 5) is 26.8. The summed E-state index contributed by atoms with van der Waals surface area (Å²) in [5.74, 6) is 0.718. The molecule has 3 heterocycles. The first-order valence-electron chi connectivity index (χ1n) is 8.98. The highest BCUT2D eigenvalue weighted by Crippen LogP contribution is 2.27. The first-order chi connectivity index (χ1) is 12.6. The normalized spacial score (nSPS) is 21.9. The largest absolute Gasteiger partial charge is 0.337 e. The van der Waals surface area contributed by atoms with E-state index in [9.17, 15) is 14.0 Å². The summed E-state index contributed by atoms with van der Waals surface area (Å²) in [5.41, 5.74) is 0.311. The standard InChI is InChI=1S/C19H21FN4O2.ClH/c20-15-1-3-16(4-2-15)24-18(25)6-5-17(22-24)19(26)23-9-7-13-11-21-12-14(13)8-10-23;/h1-6,13-14,21H,7-12H2;1H/t13-,14+;. The van der Waals surface area contributed by atoms with Gasteiger partial charge < -0.3 is 10.2 Å². The summed E-state index contributed by atoms with van der Waals surface area (Å²) in [6.45, 7) is 3.47. The van der Waals surface area contributed by atoms with Crippen molar-refractivity contribution >= 4 is 18.3 Å². The predicted molar refractivity (Wildman–Crippen MR) is 102 cm³/mol. The van der Waals surface area contributed by atoms with E-state index in [0.717, 1.165) is 30.6 Å². The number of halogens is 2. The lowest BCUT2D eigenvalue weighted by atomic mass is 9.92. The van der Waals surface area contributed by atoms with Crippen molar-refractivity contribution in [3.63, 3.8) is 0 Å². The van der Waals surface area contributed by atoms with E-state index in [0.29, 0.717) is 30.6 Å². The van der Waals surface area contributed by atoms with Crippen LogP contribution in [0.4, 0.5) is 4.39 Å². The third kappa shape index (κ3) is 4.04. The molecule has 0 aliphatic carbocycles. The number of amides is 1. The second-order valence-electron chi connectivity index (χ2n) is 6.99. The quantitative estimate of drug-likeness (QED) is 0.847. The highest BCUT2D eigenvalue weighted by molar-refractivity contribution is 5.92. The molecule has 0 spiro atoms. The van der Waals surface area contributed by atoms with Crippen LogP contribution in [0.2, 0.25) is 0 Å². The van der Waals surface area contributed by atoms with Crippen LogP contribution in [-0.4, -0.2) is 46.8 Å². The van der Waals surface area contributed by atoms with Crippen LogP contribution in [0.15, 0.2) is 41.2 Å². The minimum atomic E-state index is -0.390. The molecule has 2 saturated heterocycles. The third-order valence-electron chi connectivity index (χ3n) is 5.40. The zero-order chi connectivity index (χ0) is 18.1. The summed E-state index contributed by atoms with van der Waals surface area (Å²) < 4.78 is 14.3. The van der Waals surface area contributed by atoms with Gasteiger partial charge in [-0.3, -0.25) is 9.59 Å². The van der Waals surface area contributed by atoms with Gasteiger partial charge in [-0.15, -0.1) is 12.4 Å². The Morgan fingerprint density at radius 1 is 1.04 bits per heavy atom. The van der Waals surface area contributed by atoms with Gasteiger partial charge in [0, 0.05) is 19.2 Å². The second kappa shape index (κ2) is 8.19. The maximum Gasteiger partial charge on any atom is 0.274 e. The Bertz CT molecular complexity index is 857. The Balaban J connectivity index is 0.00000210. The fourth-order valence-electron chi connectivity index (χ4n) is 3.88. The van der Waals surface area contributed by atoms with Crippen LogP contribution in [0.1, 0.15) is 23.3 Å². The molecule has 2 aliphatic rings. The predicted octanol–water partition coefficient (Wildman–Crippen LogP) is 1.86. The van der Waals surface area contributed by atoms with Gasteiger partial charge in [-0.2, -0.15) is 9.78 Å². The lowest BCUT2D eigenvalue weighted by Crippen LogP contribution is -2.35. The Labute approximate surface area is 162 Å². The van der Waals surface area contributed by atoms with Crippen molar-refractivity contribution in [1.82, 2.24) is 20.0 Å². The zero-order valence-electron chi connectivity index (χ0n) is 14.8. The topological polar surface area (TPSA) is 67.2 Å². The van der Waals surface area contributed by atoms with Gasteiger partial charge in [-0.05, 0) is 68.1 Å². The Morgan fingerprint density at radius 3 is 2.30 bits per heavy atom. The molecule has 144 valence electrons. The number of nitrogens with one attached hydrogen (secondary N) is 1. The molecular formula is C19H22ClFN4O2. The van der Waals surface area contributed by atoms with Crippen LogP contribution in [0.5, 0.6) is 0 Å². The number of rotatable bonds is 2. The van der Waals surface area contributed by atoms with Crippen molar-refractivity contribution in [1.29, 1.82) is 0 Å². The number of hydrogen-bond donors (Lipinski definition) is 1. The molecule has 0 saturated carbocycles. The van der Waals surface area contributed by atoms with Crippen LogP contribution in [0.3, 0.4) is 0 Å². The van der Waals surface area contributed by atoms with Gasteiger partial charge in [-0.25, -0.2) is 4.39 Å². The molecule has 4 rings (SSSR count). The average Bonchev–Trinajstić information content (AvgIpc) is 3.01. The molecule has 1 aromatic carbocycles. The van der Waals surface area contributed by atoms with Gasteiger partial charge >= 0.3 is 0 Å². The Morgan fingerprint density at radius 2 is 1.67 bits per heavy atom. The van der Waals surface area contributed by atoms with Crippen LogP contribution >= 0.6 is 12.4 Å². The molecule has 0 bridgehead atoms. The van der Waals surface area contributed by atoms with Crippen LogP contribution in [0.25, 0.3) is 5.69 Å². The van der Waals surface area contributed by atoms with Crippen molar-refractivity contribution in [3.05, 3.63) is 58.3 Å². The van der Waals surface area contributed by atoms with E-state index >= 15 is 0 Å². The SMILES string of the molecule is Cl.O=C(c1ccc(=O)n(-c2ccc(F)cc2)n1)N1CC[C@@H]2CNC[C@@H]2CC1. The Kier molecular flexibility index (Phi) is 5.92. The maximum atomic E-state index is 13.1. The summed E-state index contributed by atoms with van der Waals surface area (Å²) in [6, 6.07) is 8.27. The first-order valence-corrected chi connectivity index (χ1v) is 8.98. The average molecular weight is 393 g/mol. The number of benzene rings is 1. The lowest BCUT2D eigenvalue weighted by molar-refractivity contribution is 0.0750. The van der Waals surface area contributed by atoms with E-state index in [1.807, 2.05) is 4.90 Å². The molecule has 6 nitrogen and oxygen atoms in total. The van der Waals surface area contributed by atoms with E-state index in [1.165, 1.54) is 36.4 Å². The molecular weight excluding hydrogens is 371 g/mol. The number of likely N-dealkylation sites (tertiary alicyclic amines) is 1. The van der Waals surface area contributed by atoms with Gasteiger partial charge in [0.05, 0.1) is 5.69 Å². The number of fused-ring (bicyclic) bond motifs is 1. The summed E-state index contributed by atoms with van der Waals surface area (Å²) >= 11 is 0. The molecule has 2 fully saturated rings. The van der Waals surface area contributed by atoms with E-state index in [2.05, 4.69) is 10.4 Å². The van der Waals surface area contributed by atoms with Crippen molar-refractivity contribution in [3.8, 4) is 5.69 Å². The van der Waals surface area contributed by atoms with E-state index in [-0.39, 0.29) is 29.6 Å². The fourth-order valence-corrected chi connectivity index (χ4v) is 3.88. The molecule has 1 N–H and O–H groups in total. The zero-order valence-corrected chi connectivity index (χ0v) is 15.6. The van der Waals surface area contributed by atoms with Gasteiger partial charge in [0.25, 0.3) is 11.5 Å². The van der Waals surface area contributed by atoms with Gasteiger partial charge in [0.15, 0.2) is 0 Å². The third-order valence-corrected chi connectivity index (χ3v) is 5.40. The molecule has 1 amide bonds. The molecule has 0 unspecified atom stereocenters. The minimum Gasteiger partial charge on any atom is -0.337 e. The van der Waals surface area contributed by atoms with Crippen LogP contribution in [-0.2, 0) is 0 Å². The van der Waals surface area contributed by atoms with Gasteiger partial charge in [0.2, 0.25) is 0 Å². The van der Waals surface area contributed by atoms with E-state index in [4.69, 9.17) is 0 Å². The maximum absolute atomic E-state index is 13.1. The van der Waals surface area contributed by atoms with Gasteiger partial charge in [-0.1, -0.05) is 0 Å². The highest BCUT2D eigenvalue weighted by atomic mass is 35.5. The van der Waals surface area contributed by atoms with Crippen molar-refractivity contribution in [2.45, 2.75) is 12.8 Å².